The van der Waals surface area contributed by atoms with Crippen LogP contribution in [-0.2, 0) is 11.3 Å². The number of pyridine rings is 1. The minimum absolute atomic E-state index is 0.0159. The second-order valence-corrected chi connectivity index (χ2v) is 4.40. The smallest absolute Gasteiger partial charge is 0.354 e. The van der Waals surface area contributed by atoms with Gasteiger partial charge in [-0.2, -0.15) is 0 Å². The Morgan fingerprint density at radius 2 is 2.35 bits per heavy atom. The Hall–Kier alpha value is -1.91. The number of likely N-dealkylation sites (tertiary alicyclic amines) is 1. The first-order valence-corrected chi connectivity index (χ1v) is 5.53. The van der Waals surface area contributed by atoms with Crippen LogP contribution in [0.4, 0.5) is 0 Å². The first-order valence-electron chi connectivity index (χ1n) is 5.53. The van der Waals surface area contributed by atoms with Crippen molar-refractivity contribution in [3.8, 4) is 0 Å². The monoisotopic (exact) mass is 234 g/mol. The molecule has 1 amide bonds. The summed E-state index contributed by atoms with van der Waals surface area (Å²) in [6.07, 6.45) is 0.568. The maximum absolute atomic E-state index is 11.6. The van der Waals surface area contributed by atoms with Crippen LogP contribution in [0.15, 0.2) is 18.2 Å². The minimum Gasteiger partial charge on any atom is -0.477 e. The van der Waals surface area contributed by atoms with E-state index in [0.717, 1.165) is 6.54 Å². The summed E-state index contributed by atoms with van der Waals surface area (Å²) in [4.78, 5) is 28.1. The summed E-state index contributed by atoms with van der Waals surface area (Å²) in [6.45, 7) is 3.14. The number of carboxylic acid groups (broad SMARTS) is 1. The lowest BCUT2D eigenvalue weighted by Gasteiger charge is -2.15. The van der Waals surface area contributed by atoms with E-state index in [4.69, 9.17) is 5.11 Å². The van der Waals surface area contributed by atoms with Crippen molar-refractivity contribution < 1.29 is 14.7 Å². The predicted octanol–water partition coefficient (Wildman–Crippen LogP) is 1.15. The highest BCUT2D eigenvalue weighted by molar-refractivity contribution is 5.85. The van der Waals surface area contributed by atoms with E-state index in [1.807, 2.05) is 6.92 Å². The molecule has 1 aromatic heterocycles. The van der Waals surface area contributed by atoms with Gasteiger partial charge in [-0.25, -0.2) is 9.78 Å². The number of nitrogens with zero attached hydrogens (tertiary/aromatic N) is 2. The van der Waals surface area contributed by atoms with Gasteiger partial charge in [0.2, 0.25) is 5.91 Å². The molecule has 1 N–H and O–H groups in total. The van der Waals surface area contributed by atoms with Gasteiger partial charge in [-0.05, 0) is 18.1 Å². The van der Waals surface area contributed by atoms with Gasteiger partial charge in [-0.15, -0.1) is 0 Å². The van der Waals surface area contributed by atoms with Crippen molar-refractivity contribution in [2.45, 2.75) is 19.9 Å². The van der Waals surface area contributed by atoms with Crippen molar-refractivity contribution in [2.75, 3.05) is 6.54 Å². The number of carboxylic acids is 1. The SMILES string of the molecule is CC1CC(=O)N(Cc2cccc(C(=O)O)n2)C1. The molecule has 0 aliphatic carbocycles. The van der Waals surface area contributed by atoms with Crippen molar-refractivity contribution in [1.29, 1.82) is 0 Å². The molecule has 5 heteroatoms. The molecular formula is C12H14N2O3. The highest BCUT2D eigenvalue weighted by Crippen LogP contribution is 2.18. The van der Waals surface area contributed by atoms with Crippen LogP contribution in [0.2, 0.25) is 0 Å². The molecule has 0 radical (unpaired) electrons. The van der Waals surface area contributed by atoms with E-state index < -0.39 is 5.97 Å². The maximum atomic E-state index is 11.6. The largest absolute Gasteiger partial charge is 0.477 e. The van der Waals surface area contributed by atoms with E-state index in [9.17, 15) is 9.59 Å². The number of carbonyl (C=O) groups is 2. The van der Waals surface area contributed by atoms with Crippen LogP contribution in [0.5, 0.6) is 0 Å². The molecule has 0 bridgehead atoms. The van der Waals surface area contributed by atoms with Crippen LogP contribution in [0.1, 0.15) is 29.5 Å². The van der Waals surface area contributed by atoms with E-state index in [-0.39, 0.29) is 11.6 Å². The molecule has 0 aromatic carbocycles. The highest BCUT2D eigenvalue weighted by atomic mass is 16.4. The second kappa shape index (κ2) is 4.53. The molecule has 2 rings (SSSR count). The zero-order chi connectivity index (χ0) is 12.4. The Morgan fingerprint density at radius 1 is 1.59 bits per heavy atom. The van der Waals surface area contributed by atoms with Crippen molar-refractivity contribution in [3.05, 3.63) is 29.6 Å². The van der Waals surface area contributed by atoms with Gasteiger partial charge in [0.25, 0.3) is 0 Å². The van der Waals surface area contributed by atoms with Gasteiger partial charge in [0.05, 0.1) is 12.2 Å². The van der Waals surface area contributed by atoms with Gasteiger partial charge in [-0.1, -0.05) is 13.0 Å². The molecule has 1 saturated heterocycles. The second-order valence-electron chi connectivity index (χ2n) is 4.40. The zero-order valence-corrected chi connectivity index (χ0v) is 9.59. The normalized spacial score (nSPS) is 19.7. The molecule has 5 nitrogen and oxygen atoms in total. The third-order valence-electron chi connectivity index (χ3n) is 2.79. The van der Waals surface area contributed by atoms with Gasteiger partial charge in [0.15, 0.2) is 0 Å². The first kappa shape index (κ1) is 11.6. The van der Waals surface area contributed by atoms with Crippen molar-refractivity contribution in [1.82, 2.24) is 9.88 Å². The molecule has 90 valence electrons. The molecule has 1 atom stereocenters. The maximum Gasteiger partial charge on any atom is 0.354 e. The number of aromatic nitrogens is 1. The Balaban J connectivity index is 2.11. The number of hydrogen-bond acceptors (Lipinski definition) is 3. The number of rotatable bonds is 3. The van der Waals surface area contributed by atoms with Crippen molar-refractivity contribution in [2.24, 2.45) is 5.92 Å². The average molecular weight is 234 g/mol. The first-order chi connectivity index (χ1) is 8.06. The molecular weight excluding hydrogens is 220 g/mol. The number of amides is 1. The average Bonchev–Trinajstić information content (AvgIpc) is 2.58. The molecule has 0 saturated carbocycles. The number of carbonyl (C=O) groups excluding carboxylic acids is 1. The minimum atomic E-state index is -1.05. The van der Waals surface area contributed by atoms with Crippen molar-refractivity contribution in [3.63, 3.8) is 0 Å². The van der Waals surface area contributed by atoms with Gasteiger partial charge < -0.3 is 10.0 Å². The van der Waals surface area contributed by atoms with Gasteiger partial charge in [0, 0.05) is 13.0 Å². The standard InChI is InChI=1S/C12H14N2O3/c1-8-5-11(15)14(6-8)7-9-3-2-4-10(13-9)12(16)17/h2-4,8H,5-7H2,1H3,(H,16,17). The Bertz CT molecular complexity index is 459. The van der Waals surface area contributed by atoms with Crippen LogP contribution >= 0.6 is 0 Å². The summed E-state index contributed by atoms with van der Waals surface area (Å²) in [6, 6.07) is 4.83. The van der Waals surface area contributed by atoms with Crippen LogP contribution < -0.4 is 0 Å². The van der Waals surface area contributed by atoms with Crippen LogP contribution in [0.25, 0.3) is 0 Å². The lowest BCUT2D eigenvalue weighted by atomic mass is 10.2. The predicted molar refractivity (Wildman–Crippen MR) is 60.4 cm³/mol. The van der Waals surface area contributed by atoms with Gasteiger partial charge in [-0.3, -0.25) is 4.79 Å². The fraction of sp³-hybridized carbons (Fsp3) is 0.417. The summed E-state index contributed by atoms with van der Waals surface area (Å²) >= 11 is 0. The third-order valence-corrected chi connectivity index (χ3v) is 2.79. The third kappa shape index (κ3) is 2.61. The van der Waals surface area contributed by atoms with E-state index >= 15 is 0 Å². The van der Waals surface area contributed by atoms with Gasteiger partial charge >= 0.3 is 5.97 Å². The molecule has 2 heterocycles. The topological polar surface area (TPSA) is 70.5 Å². The lowest BCUT2D eigenvalue weighted by Crippen LogP contribution is -2.25. The molecule has 0 spiro atoms. The summed E-state index contributed by atoms with van der Waals surface area (Å²) in [5.41, 5.74) is 0.634. The van der Waals surface area contributed by atoms with Crippen LogP contribution in [-0.4, -0.2) is 33.4 Å². The Morgan fingerprint density at radius 3 is 2.94 bits per heavy atom. The lowest BCUT2D eigenvalue weighted by molar-refractivity contribution is -0.128. The molecule has 1 aliphatic rings. The highest BCUT2D eigenvalue weighted by Gasteiger charge is 2.26. The number of aromatic carboxylic acids is 1. The quantitative estimate of drug-likeness (QED) is 0.851. The fourth-order valence-electron chi connectivity index (χ4n) is 2.00. The molecule has 1 unspecified atom stereocenters. The molecule has 1 aliphatic heterocycles. The number of hydrogen-bond donors (Lipinski definition) is 1. The fourth-order valence-corrected chi connectivity index (χ4v) is 2.00. The van der Waals surface area contributed by atoms with E-state index in [1.165, 1.54) is 6.07 Å². The van der Waals surface area contributed by atoms with Crippen LogP contribution in [0, 0.1) is 5.92 Å². The van der Waals surface area contributed by atoms with E-state index in [0.29, 0.717) is 24.6 Å². The summed E-state index contributed by atoms with van der Waals surface area (Å²) in [7, 11) is 0. The Kier molecular flexibility index (Phi) is 3.08. The Labute approximate surface area is 99.1 Å². The molecule has 1 fully saturated rings. The van der Waals surface area contributed by atoms with E-state index in [2.05, 4.69) is 4.98 Å². The van der Waals surface area contributed by atoms with E-state index in [1.54, 1.807) is 17.0 Å². The van der Waals surface area contributed by atoms with Crippen LogP contribution in [0.3, 0.4) is 0 Å². The summed E-state index contributed by atoms with van der Waals surface area (Å²) in [5.74, 6) is -0.571. The summed E-state index contributed by atoms with van der Waals surface area (Å²) < 4.78 is 0. The van der Waals surface area contributed by atoms with Crippen molar-refractivity contribution >= 4 is 11.9 Å². The van der Waals surface area contributed by atoms with Gasteiger partial charge in [0.1, 0.15) is 5.69 Å². The molecule has 1 aromatic rings. The summed E-state index contributed by atoms with van der Waals surface area (Å²) in [5, 5.41) is 8.82. The molecule has 17 heavy (non-hydrogen) atoms. The zero-order valence-electron chi connectivity index (χ0n) is 9.59.